The molecule has 2 nitrogen and oxygen atoms in total. The molecule has 0 bridgehead atoms. The molecule has 2 rings (SSSR count). The molecule has 94 valence electrons. The molecule has 4 heteroatoms. The number of hydrogen-bond acceptors (Lipinski definition) is 3. The highest BCUT2D eigenvalue weighted by Gasteiger charge is 2.08. The number of anilines is 1. The second-order valence-corrected chi connectivity index (χ2v) is 5.91. The molecule has 1 aromatic carbocycles. The van der Waals surface area contributed by atoms with Gasteiger partial charge < -0.3 is 10.2 Å². The third kappa shape index (κ3) is 4.78. The summed E-state index contributed by atoms with van der Waals surface area (Å²) in [4.78, 5) is 2.54. The Bertz CT molecular complexity index is 338. The van der Waals surface area contributed by atoms with Gasteiger partial charge in [-0.3, -0.25) is 0 Å². The number of hydrogen-bond donors (Lipinski definition) is 1. The number of benzene rings is 1. The molecule has 0 aliphatic carbocycles. The van der Waals surface area contributed by atoms with Crippen molar-refractivity contribution >= 4 is 29.1 Å². The summed E-state index contributed by atoms with van der Waals surface area (Å²) in [6.07, 6.45) is 1.32. The molecule has 0 saturated carbocycles. The van der Waals surface area contributed by atoms with Crippen LogP contribution in [0.25, 0.3) is 0 Å². The van der Waals surface area contributed by atoms with Gasteiger partial charge in [0.2, 0.25) is 0 Å². The van der Waals surface area contributed by atoms with Gasteiger partial charge in [-0.15, -0.1) is 0 Å². The lowest BCUT2D eigenvalue weighted by Gasteiger charge is -2.19. The second-order valence-electron chi connectivity index (χ2n) is 4.24. The molecule has 1 heterocycles. The maximum absolute atomic E-state index is 5.94. The van der Waals surface area contributed by atoms with Gasteiger partial charge in [-0.2, -0.15) is 11.8 Å². The molecule has 0 atom stereocenters. The minimum Gasteiger partial charge on any atom is -0.384 e. The first-order valence-corrected chi connectivity index (χ1v) is 7.67. The second kappa shape index (κ2) is 7.14. The predicted molar refractivity (Wildman–Crippen MR) is 78.3 cm³/mol. The molecule has 17 heavy (non-hydrogen) atoms. The van der Waals surface area contributed by atoms with Gasteiger partial charge in [-0.05, 0) is 36.9 Å². The molecule has 1 aliphatic heterocycles. The maximum atomic E-state index is 5.94. The molecule has 1 N–H and O–H groups in total. The first kappa shape index (κ1) is 13.1. The summed E-state index contributed by atoms with van der Waals surface area (Å²) in [5.41, 5.74) is 1.11. The van der Waals surface area contributed by atoms with Crippen molar-refractivity contribution in [2.75, 3.05) is 43.0 Å². The van der Waals surface area contributed by atoms with Crippen LogP contribution in [-0.4, -0.2) is 42.6 Å². The molecule has 0 spiro atoms. The van der Waals surface area contributed by atoms with Gasteiger partial charge in [0.25, 0.3) is 0 Å². The van der Waals surface area contributed by atoms with Crippen LogP contribution in [0.4, 0.5) is 5.69 Å². The van der Waals surface area contributed by atoms with Crippen molar-refractivity contribution in [3.63, 3.8) is 0 Å². The first-order valence-electron chi connectivity index (χ1n) is 6.14. The Morgan fingerprint density at radius 3 is 3.12 bits per heavy atom. The monoisotopic (exact) mass is 270 g/mol. The highest BCUT2D eigenvalue weighted by Crippen LogP contribution is 2.14. The van der Waals surface area contributed by atoms with Gasteiger partial charge in [0.05, 0.1) is 0 Å². The standard InChI is InChI=1S/C13H19ClN2S/c14-12-3-1-4-13(11-12)15-5-7-16-6-2-9-17-10-8-16/h1,3-4,11,15H,2,5-10H2. The minimum absolute atomic E-state index is 0.793. The van der Waals surface area contributed by atoms with Crippen molar-refractivity contribution in [2.24, 2.45) is 0 Å². The van der Waals surface area contributed by atoms with Crippen LogP contribution >= 0.6 is 23.4 Å². The third-order valence-electron chi connectivity index (χ3n) is 2.90. The zero-order valence-electron chi connectivity index (χ0n) is 9.99. The van der Waals surface area contributed by atoms with Gasteiger partial charge in [0, 0.05) is 36.1 Å². The van der Waals surface area contributed by atoms with E-state index >= 15 is 0 Å². The largest absolute Gasteiger partial charge is 0.384 e. The Morgan fingerprint density at radius 1 is 1.29 bits per heavy atom. The molecular weight excluding hydrogens is 252 g/mol. The van der Waals surface area contributed by atoms with E-state index < -0.39 is 0 Å². The SMILES string of the molecule is Clc1cccc(NCCN2CCCSCC2)c1. The van der Waals surface area contributed by atoms with E-state index in [1.807, 2.05) is 18.2 Å². The molecule has 0 amide bonds. The van der Waals surface area contributed by atoms with Gasteiger partial charge in [0.15, 0.2) is 0 Å². The average Bonchev–Trinajstić information content (AvgIpc) is 2.58. The zero-order valence-corrected chi connectivity index (χ0v) is 11.6. The van der Waals surface area contributed by atoms with Crippen LogP contribution in [0.5, 0.6) is 0 Å². The normalized spacial score (nSPS) is 17.7. The fraction of sp³-hybridized carbons (Fsp3) is 0.538. The summed E-state index contributed by atoms with van der Waals surface area (Å²) in [6, 6.07) is 7.91. The van der Waals surface area contributed by atoms with Crippen molar-refractivity contribution in [1.29, 1.82) is 0 Å². The fourth-order valence-corrected chi connectivity index (χ4v) is 3.09. The van der Waals surface area contributed by atoms with Crippen LogP contribution in [-0.2, 0) is 0 Å². The van der Waals surface area contributed by atoms with E-state index in [4.69, 9.17) is 11.6 Å². The van der Waals surface area contributed by atoms with Gasteiger partial charge in [0.1, 0.15) is 0 Å². The summed E-state index contributed by atoms with van der Waals surface area (Å²) >= 11 is 8.01. The molecule has 1 aromatic rings. The molecule has 1 fully saturated rings. The Balaban J connectivity index is 1.71. The Labute approximate surface area is 113 Å². The highest BCUT2D eigenvalue weighted by atomic mass is 35.5. The minimum atomic E-state index is 0.793. The van der Waals surface area contributed by atoms with Gasteiger partial charge >= 0.3 is 0 Å². The molecular formula is C13H19ClN2S. The quantitative estimate of drug-likeness (QED) is 0.905. The average molecular weight is 271 g/mol. The van der Waals surface area contributed by atoms with E-state index in [2.05, 4.69) is 28.0 Å². The van der Waals surface area contributed by atoms with Crippen molar-refractivity contribution in [3.05, 3.63) is 29.3 Å². The molecule has 0 unspecified atom stereocenters. The van der Waals surface area contributed by atoms with Gasteiger partial charge in [-0.1, -0.05) is 17.7 Å². The summed E-state index contributed by atoms with van der Waals surface area (Å²) in [6.45, 7) is 4.57. The lowest BCUT2D eigenvalue weighted by Crippen LogP contribution is -2.31. The zero-order chi connectivity index (χ0) is 11.9. The van der Waals surface area contributed by atoms with E-state index in [0.717, 1.165) is 23.8 Å². The predicted octanol–water partition coefficient (Wildman–Crippen LogP) is 3.19. The van der Waals surface area contributed by atoms with Crippen LogP contribution in [0.3, 0.4) is 0 Å². The molecule has 0 aromatic heterocycles. The smallest absolute Gasteiger partial charge is 0.0426 e. The number of nitrogens with one attached hydrogen (secondary N) is 1. The van der Waals surface area contributed by atoms with E-state index in [1.165, 1.54) is 31.0 Å². The van der Waals surface area contributed by atoms with Crippen molar-refractivity contribution in [1.82, 2.24) is 4.90 Å². The van der Waals surface area contributed by atoms with Crippen molar-refractivity contribution < 1.29 is 0 Å². The lowest BCUT2D eigenvalue weighted by molar-refractivity contribution is 0.307. The van der Waals surface area contributed by atoms with Crippen LogP contribution < -0.4 is 5.32 Å². The third-order valence-corrected chi connectivity index (χ3v) is 4.18. The van der Waals surface area contributed by atoms with Crippen LogP contribution in [0.1, 0.15) is 6.42 Å². The number of thioether (sulfide) groups is 1. The van der Waals surface area contributed by atoms with E-state index in [0.29, 0.717) is 0 Å². The van der Waals surface area contributed by atoms with Crippen molar-refractivity contribution in [3.8, 4) is 0 Å². The number of rotatable bonds is 4. The number of halogens is 1. The maximum Gasteiger partial charge on any atom is 0.0426 e. The molecule has 0 radical (unpaired) electrons. The van der Waals surface area contributed by atoms with E-state index in [9.17, 15) is 0 Å². The first-order chi connectivity index (χ1) is 8.34. The topological polar surface area (TPSA) is 15.3 Å². The summed E-state index contributed by atoms with van der Waals surface area (Å²) in [5.74, 6) is 2.59. The highest BCUT2D eigenvalue weighted by molar-refractivity contribution is 7.99. The van der Waals surface area contributed by atoms with Crippen molar-refractivity contribution in [2.45, 2.75) is 6.42 Å². The molecule has 1 aliphatic rings. The van der Waals surface area contributed by atoms with Gasteiger partial charge in [-0.25, -0.2) is 0 Å². The Morgan fingerprint density at radius 2 is 2.24 bits per heavy atom. The summed E-state index contributed by atoms with van der Waals surface area (Å²) in [5, 5.41) is 4.21. The van der Waals surface area contributed by atoms with Crippen LogP contribution in [0.2, 0.25) is 5.02 Å². The Hall–Kier alpha value is -0.380. The fourth-order valence-electron chi connectivity index (χ4n) is 1.98. The van der Waals surface area contributed by atoms with Crippen LogP contribution in [0, 0.1) is 0 Å². The summed E-state index contributed by atoms with van der Waals surface area (Å²) in [7, 11) is 0. The molecule has 1 saturated heterocycles. The van der Waals surface area contributed by atoms with Crippen LogP contribution in [0.15, 0.2) is 24.3 Å². The Kier molecular flexibility index (Phi) is 5.49. The lowest BCUT2D eigenvalue weighted by atomic mass is 10.3. The number of nitrogens with zero attached hydrogens (tertiary/aromatic N) is 1. The van der Waals surface area contributed by atoms with E-state index in [-0.39, 0.29) is 0 Å². The van der Waals surface area contributed by atoms with E-state index in [1.54, 1.807) is 0 Å². The summed E-state index contributed by atoms with van der Waals surface area (Å²) < 4.78 is 0.